The molecule has 2 atom stereocenters. The maximum atomic E-state index is 10.1. The number of aliphatic hydroxyl groups is 1. The van der Waals surface area contributed by atoms with E-state index in [2.05, 4.69) is 13.8 Å². The van der Waals surface area contributed by atoms with Crippen molar-refractivity contribution in [1.82, 2.24) is 0 Å². The van der Waals surface area contributed by atoms with Crippen LogP contribution in [-0.2, 0) is 6.42 Å². The molecule has 1 N–H and O–H groups in total. The molecule has 0 aliphatic carbocycles. The smallest absolute Gasteiger partial charge is 0.0606 e. The van der Waals surface area contributed by atoms with Gasteiger partial charge >= 0.3 is 0 Å². The summed E-state index contributed by atoms with van der Waals surface area (Å²) in [6, 6.07) is 5.53. The fourth-order valence-electron chi connectivity index (χ4n) is 1.83. The first-order chi connectivity index (χ1) is 8.04. The molecule has 0 aromatic heterocycles. The highest BCUT2D eigenvalue weighted by Gasteiger charge is 2.14. The Morgan fingerprint density at radius 2 is 1.94 bits per heavy atom. The van der Waals surface area contributed by atoms with Gasteiger partial charge in [-0.05, 0) is 36.5 Å². The van der Waals surface area contributed by atoms with E-state index < -0.39 is 0 Å². The van der Waals surface area contributed by atoms with Crippen LogP contribution in [0.5, 0.6) is 0 Å². The fraction of sp³-hybridized carbons (Fsp3) is 0.571. The number of aliphatic hydroxyl groups excluding tert-OH is 1. The summed E-state index contributed by atoms with van der Waals surface area (Å²) >= 11 is 11.8. The minimum absolute atomic E-state index is 0.307. The molecule has 96 valence electrons. The lowest BCUT2D eigenvalue weighted by Gasteiger charge is -2.18. The quantitative estimate of drug-likeness (QED) is 0.796. The van der Waals surface area contributed by atoms with Gasteiger partial charge in [-0.15, -0.1) is 0 Å². The first-order valence-corrected chi connectivity index (χ1v) is 6.92. The van der Waals surface area contributed by atoms with Crippen LogP contribution in [0.15, 0.2) is 18.2 Å². The van der Waals surface area contributed by atoms with Crippen LogP contribution in [0.25, 0.3) is 0 Å². The first-order valence-electron chi connectivity index (χ1n) is 6.16. The lowest BCUT2D eigenvalue weighted by atomic mass is 9.93. The molecular formula is C14H20Cl2O. The van der Waals surface area contributed by atoms with Gasteiger partial charge in [-0.25, -0.2) is 0 Å². The highest BCUT2D eigenvalue weighted by molar-refractivity contribution is 6.42. The topological polar surface area (TPSA) is 20.2 Å². The Morgan fingerprint density at radius 1 is 1.24 bits per heavy atom. The molecule has 0 bridgehead atoms. The molecule has 0 radical (unpaired) electrons. The summed E-state index contributed by atoms with van der Waals surface area (Å²) in [5.41, 5.74) is 1.04. The third-order valence-electron chi connectivity index (χ3n) is 3.10. The summed E-state index contributed by atoms with van der Waals surface area (Å²) in [4.78, 5) is 0. The van der Waals surface area contributed by atoms with Crippen molar-refractivity contribution in [2.45, 2.75) is 45.6 Å². The van der Waals surface area contributed by atoms with E-state index in [-0.39, 0.29) is 6.10 Å². The van der Waals surface area contributed by atoms with Crippen LogP contribution in [0.3, 0.4) is 0 Å². The Kier molecular flexibility index (Phi) is 6.32. The van der Waals surface area contributed by atoms with Crippen molar-refractivity contribution >= 4 is 23.2 Å². The normalized spacial score (nSPS) is 14.6. The molecule has 1 rings (SSSR count). The monoisotopic (exact) mass is 274 g/mol. The SMILES string of the molecule is CCCCC(C)C(O)Cc1ccc(Cl)c(Cl)c1. The fourth-order valence-corrected chi connectivity index (χ4v) is 2.15. The number of benzene rings is 1. The molecule has 0 aliphatic heterocycles. The zero-order valence-electron chi connectivity index (χ0n) is 10.4. The predicted molar refractivity (Wildman–Crippen MR) is 74.9 cm³/mol. The summed E-state index contributed by atoms with van der Waals surface area (Å²) in [5, 5.41) is 11.2. The first kappa shape index (κ1) is 14.8. The Bertz CT molecular complexity index is 352. The lowest BCUT2D eigenvalue weighted by molar-refractivity contribution is 0.111. The van der Waals surface area contributed by atoms with Crippen molar-refractivity contribution in [2.24, 2.45) is 5.92 Å². The van der Waals surface area contributed by atoms with Gasteiger partial charge in [0.05, 0.1) is 16.1 Å². The summed E-state index contributed by atoms with van der Waals surface area (Å²) < 4.78 is 0. The molecule has 0 aliphatic rings. The maximum absolute atomic E-state index is 10.1. The van der Waals surface area contributed by atoms with Gasteiger partial charge in [-0.3, -0.25) is 0 Å². The summed E-state index contributed by atoms with van der Waals surface area (Å²) in [6.45, 7) is 4.26. The number of halogens is 2. The van der Waals surface area contributed by atoms with Gasteiger partial charge in [0.25, 0.3) is 0 Å². The van der Waals surface area contributed by atoms with Gasteiger partial charge in [0, 0.05) is 0 Å². The Morgan fingerprint density at radius 3 is 2.53 bits per heavy atom. The average Bonchev–Trinajstić information content (AvgIpc) is 2.30. The van der Waals surface area contributed by atoms with Gasteiger partial charge in [0.15, 0.2) is 0 Å². The van der Waals surface area contributed by atoms with Crippen molar-refractivity contribution in [1.29, 1.82) is 0 Å². The molecule has 0 spiro atoms. The van der Waals surface area contributed by atoms with Crippen LogP contribution < -0.4 is 0 Å². The van der Waals surface area contributed by atoms with Crippen molar-refractivity contribution in [3.8, 4) is 0 Å². The summed E-state index contributed by atoms with van der Waals surface area (Å²) in [6.07, 6.45) is 3.74. The zero-order valence-corrected chi connectivity index (χ0v) is 11.9. The molecule has 1 aromatic rings. The third-order valence-corrected chi connectivity index (χ3v) is 3.84. The van der Waals surface area contributed by atoms with Crippen LogP contribution >= 0.6 is 23.2 Å². The standard InChI is InChI=1S/C14H20Cl2O/c1-3-4-5-10(2)14(17)9-11-6-7-12(15)13(16)8-11/h6-8,10,14,17H,3-5,9H2,1-2H3. The van der Waals surface area contributed by atoms with Crippen LogP contribution in [0.1, 0.15) is 38.7 Å². The molecule has 0 fully saturated rings. The highest BCUT2D eigenvalue weighted by atomic mass is 35.5. The second-order valence-electron chi connectivity index (χ2n) is 4.64. The van der Waals surface area contributed by atoms with E-state index in [4.69, 9.17) is 23.2 Å². The maximum Gasteiger partial charge on any atom is 0.0606 e. The van der Waals surface area contributed by atoms with Crippen molar-refractivity contribution in [3.05, 3.63) is 33.8 Å². The summed E-state index contributed by atoms with van der Waals surface area (Å²) in [7, 11) is 0. The van der Waals surface area contributed by atoms with Crippen LogP contribution in [0.4, 0.5) is 0 Å². The van der Waals surface area contributed by atoms with Gasteiger partial charge in [-0.1, -0.05) is 56.0 Å². The molecule has 3 heteroatoms. The minimum Gasteiger partial charge on any atom is -0.393 e. The average molecular weight is 275 g/mol. The van der Waals surface area contributed by atoms with E-state index in [0.29, 0.717) is 22.4 Å². The van der Waals surface area contributed by atoms with E-state index in [0.717, 1.165) is 12.0 Å². The van der Waals surface area contributed by atoms with Gasteiger partial charge < -0.3 is 5.11 Å². The minimum atomic E-state index is -0.307. The predicted octanol–water partition coefficient (Wildman–Crippen LogP) is 4.72. The lowest BCUT2D eigenvalue weighted by Crippen LogP contribution is -2.20. The van der Waals surface area contributed by atoms with E-state index in [1.165, 1.54) is 12.8 Å². The zero-order chi connectivity index (χ0) is 12.8. The molecule has 0 heterocycles. The molecule has 2 unspecified atom stereocenters. The molecule has 17 heavy (non-hydrogen) atoms. The molecular weight excluding hydrogens is 255 g/mol. The second kappa shape index (κ2) is 7.25. The largest absolute Gasteiger partial charge is 0.393 e. The molecule has 1 nitrogen and oxygen atoms in total. The van der Waals surface area contributed by atoms with Crippen molar-refractivity contribution in [3.63, 3.8) is 0 Å². The van der Waals surface area contributed by atoms with Gasteiger partial charge in [0.1, 0.15) is 0 Å². The van der Waals surface area contributed by atoms with Crippen molar-refractivity contribution < 1.29 is 5.11 Å². The second-order valence-corrected chi connectivity index (χ2v) is 5.45. The van der Waals surface area contributed by atoms with E-state index in [9.17, 15) is 5.11 Å². The number of hydrogen-bond donors (Lipinski definition) is 1. The van der Waals surface area contributed by atoms with Crippen LogP contribution in [0, 0.1) is 5.92 Å². The molecule has 0 saturated carbocycles. The Balaban J connectivity index is 2.55. The molecule has 0 amide bonds. The number of hydrogen-bond acceptors (Lipinski definition) is 1. The highest BCUT2D eigenvalue weighted by Crippen LogP contribution is 2.24. The van der Waals surface area contributed by atoms with E-state index in [1.54, 1.807) is 6.07 Å². The van der Waals surface area contributed by atoms with Gasteiger partial charge in [-0.2, -0.15) is 0 Å². The van der Waals surface area contributed by atoms with Gasteiger partial charge in [0.2, 0.25) is 0 Å². The van der Waals surface area contributed by atoms with Crippen LogP contribution in [-0.4, -0.2) is 11.2 Å². The molecule has 0 saturated heterocycles. The Labute approximate surface area is 114 Å². The number of rotatable bonds is 6. The third kappa shape index (κ3) is 4.87. The van der Waals surface area contributed by atoms with Crippen molar-refractivity contribution in [2.75, 3.05) is 0 Å². The van der Waals surface area contributed by atoms with E-state index in [1.807, 2.05) is 12.1 Å². The Hall–Kier alpha value is -0.240. The van der Waals surface area contributed by atoms with Crippen LogP contribution in [0.2, 0.25) is 10.0 Å². The summed E-state index contributed by atoms with van der Waals surface area (Å²) in [5.74, 6) is 0.324. The molecule has 1 aromatic carbocycles. The number of unbranched alkanes of at least 4 members (excludes halogenated alkanes) is 1. The van der Waals surface area contributed by atoms with E-state index >= 15 is 0 Å².